The predicted molar refractivity (Wildman–Crippen MR) is 144 cm³/mol. The Hall–Kier alpha value is -2.71. The molecule has 0 spiro atoms. The molecule has 3 aromatic rings. The lowest BCUT2D eigenvalue weighted by Crippen LogP contribution is -2.33. The number of pyridine rings is 1. The molecular weight excluding hydrogens is 549 g/mol. The van der Waals surface area contributed by atoms with E-state index in [4.69, 9.17) is 16.6 Å². The average Bonchev–Trinajstić information content (AvgIpc) is 2.85. The maximum atomic E-state index is 14.0. The number of carbonyl (C=O) groups excluding carboxylic acids is 1. The summed E-state index contributed by atoms with van der Waals surface area (Å²) < 4.78 is 14.8. The number of benzene rings is 2. The number of rotatable bonds is 8. The van der Waals surface area contributed by atoms with Crippen molar-refractivity contribution < 1.29 is 19.1 Å². The van der Waals surface area contributed by atoms with Crippen molar-refractivity contribution in [3.63, 3.8) is 0 Å². The van der Waals surface area contributed by atoms with Gasteiger partial charge in [0, 0.05) is 52.4 Å². The highest BCUT2D eigenvalue weighted by atomic mass is 79.9. The number of amides is 1. The van der Waals surface area contributed by atoms with Crippen LogP contribution in [0.1, 0.15) is 59.5 Å². The number of aromatic nitrogens is 1. The molecule has 9 heteroatoms. The molecule has 6 nitrogen and oxygen atoms in total. The number of piperidine rings is 1. The number of anilines is 1. The second-order valence-electron chi connectivity index (χ2n) is 9.15. The minimum Gasteiger partial charge on any atom is -0.481 e. The van der Waals surface area contributed by atoms with Crippen LogP contribution in [0.4, 0.5) is 10.2 Å². The number of halogens is 3. The molecule has 36 heavy (non-hydrogen) atoms. The van der Waals surface area contributed by atoms with Crippen LogP contribution in [0.3, 0.4) is 0 Å². The van der Waals surface area contributed by atoms with E-state index in [1.165, 1.54) is 24.6 Å². The molecule has 1 aromatic heterocycles. The van der Waals surface area contributed by atoms with Crippen LogP contribution in [0.2, 0.25) is 5.02 Å². The molecule has 0 bridgehead atoms. The summed E-state index contributed by atoms with van der Waals surface area (Å²) in [6.45, 7) is 3.82. The molecule has 1 fully saturated rings. The van der Waals surface area contributed by atoms with E-state index >= 15 is 0 Å². The summed E-state index contributed by atoms with van der Waals surface area (Å²) in [6.07, 6.45) is 3.43. The van der Waals surface area contributed by atoms with Crippen LogP contribution in [0, 0.1) is 12.7 Å². The fourth-order valence-electron chi connectivity index (χ4n) is 4.82. The summed E-state index contributed by atoms with van der Waals surface area (Å²) in [7, 11) is 0. The molecule has 1 atom stereocenters. The number of hydrogen-bond acceptors (Lipinski definition) is 4. The number of carboxylic acids is 1. The standard InChI is InChI=1S/C27H28BrClFN3O3/c1-16-25(21-13-18(28)6-9-23(21)32-26(16)33-11-3-2-4-12-33)27(36)31-15-17(5-10-24(34)35)20-14-19(30)7-8-22(20)29/h6-9,13-14,17H,2-5,10-12,15H2,1H3,(H,31,36)(H,34,35)/t17-/m0/s1. The first-order chi connectivity index (χ1) is 17.2. The average molecular weight is 577 g/mol. The third kappa shape index (κ3) is 5.98. The molecule has 1 aliphatic rings. The van der Waals surface area contributed by atoms with Crippen LogP contribution in [0.15, 0.2) is 40.9 Å². The Balaban J connectivity index is 1.68. The minimum atomic E-state index is -0.967. The zero-order chi connectivity index (χ0) is 25.8. The molecular formula is C27H28BrClFN3O3. The van der Waals surface area contributed by atoms with Crippen molar-refractivity contribution in [1.82, 2.24) is 10.3 Å². The van der Waals surface area contributed by atoms with Crippen molar-refractivity contribution in [2.45, 2.75) is 44.9 Å². The zero-order valence-electron chi connectivity index (χ0n) is 20.0. The second-order valence-corrected chi connectivity index (χ2v) is 10.5. The summed E-state index contributed by atoms with van der Waals surface area (Å²) in [5.74, 6) is -1.37. The van der Waals surface area contributed by atoms with E-state index < -0.39 is 17.7 Å². The first-order valence-corrected chi connectivity index (χ1v) is 13.2. The Morgan fingerprint density at radius 3 is 2.67 bits per heavy atom. The van der Waals surface area contributed by atoms with E-state index in [-0.39, 0.29) is 25.3 Å². The van der Waals surface area contributed by atoms with Gasteiger partial charge in [-0.15, -0.1) is 0 Å². The van der Waals surface area contributed by atoms with Gasteiger partial charge in [0.2, 0.25) is 0 Å². The highest BCUT2D eigenvalue weighted by Crippen LogP contribution is 2.33. The Morgan fingerprint density at radius 1 is 1.19 bits per heavy atom. The van der Waals surface area contributed by atoms with Gasteiger partial charge in [0.25, 0.3) is 5.91 Å². The quantitative estimate of drug-likeness (QED) is 0.321. The summed E-state index contributed by atoms with van der Waals surface area (Å²) in [4.78, 5) is 32.0. The Morgan fingerprint density at radius 2 is 1.94 bits per heavy atom. The van der Waals surface area contributed by atoms with Gasteiger partial charge in [-0.05, 0) is 74.6 Å². The Labute approximate surface area is 223 Å². The lowest BCUT2D eigenvalue weighted by atomic mass is 9.93. The minimum absolute atomic E-state index is 0.117. The van der Waals surface area contributed by atoms with Crippen molar-refractivity contribution >= 4 is 56.1 Å². The van der Waals surface area contributed by atoms with E-state index in [0.29, 0.717) is 16.1 Å². The zero-order valence-corrected chi connectivity index (χ0v) is 22.3. The van der Waals surface area contributed by atoms with Gasteiger partial charge in [0.1, 0.15) is 11.6 Å². The second kappa shape index (κ2) is 11.6. The maximum Gasteiger partial charge on any atom is 0.303 e. The summed E-state index contributed by atoms with van der Waals surface area (Å²) in [5, 5.41) is 13.3. The number of hydrogen-bond donors (Lipinski definition) is 2. The Bertz CT molecular complexity index is 1300. The van der Waals surface area contributed by atoms with Crippen LogP contribution in [-0.4, -0.2) is 41.6 Å². The van der Waals surface area contributed by atoms with Gasteiger partial charge in [-0.25, -0.2) is 9.37 Å². The van der Waals surface area contributed by atoms with Gasteiger partial charge in [-0.2, -0.15) is 0 Å². The smallest absolute Gasteiger partial charge is 0.303 e. The van der Waals surface area contributed by atoms with Crippen molar-refractivity contribution in [2.75, 3.05) is 24.5 Å². The molecule has 2 N–H and O–H groups in total. The van der Waals surface area contributed by atoms with E-state index in [0.717, 1.165) is 52.7 Å². The van der Waals surface area contributed by atoms with Gasteiger partial charge >= 0.3 is 5.97 Å². The Kier molecular flexibility index (Phi) is 8.46. The molecule has 1 aliphatic heterocycles. The number of nitrogens with zero attached hydrogens (tertiary/aromatic N) is 2. The molecule has 4 rings (SSSR count). The van der Waals surface area contributed by atoms with Crippen LogP contribution in [0.25, 0.3) is 10.9 Å². The monoisotopic (exact) mass is 575 g/mol. The predicted octanol–water partition coefficient (Wildman–Crippen LogP) is 6.47. The van der Waals surface area contributed by atoms with E-state index in [9.17, 15) is 19.1 Å². The molecule has 2 aromatic carbocycles. The molecule has 1 amide bonds. The van der Waals surface area contributed by atoms with Gasteiger partial charge in [0.15, 0.2) is 0 Å². The van der Waals surface area contributed by atoms with E-state index in [1.807, 2.05) is 25.1 Å². The van der Waals surface area contributed by atoms with E-state index in [1.54, 1.807) is 0 Å². The van der Waals surface area contributed by atoms with Crippen LogP contribution < -0.4 is 10.2 Å². The highest BCUT2D eigenvalue weighted by Gasteiger charge is 2.24. The molecule has 0 unspecified atom stereocenters. The third-order valence-corrected chi connectivity index (χ3v) is 7.50. The van der Waals surface area contributed by atoms with Gasteiger partial charge in [-0.3, -0.25) is 9.59 Å². The van der Waals surface area contributed by atoms with Crippen LogP contribution in [0.5, 0.6) is 0 Å². The molecule has 2 heterocycles. The van der Waals surface area contributed by atoms with Crippen LogP contribution in [-0.2, 0) is 4.79 Å². The van der Waals surface area contributed by atoms with Crippen molar-refractivity contribution in [2.24, 2.45) is 0 Å². The molecule has 0 radical (unpaired) electrons. The lowest BCUT2D eigenvalue weighted by molar-refractivity contribution is -0.137. The van der Waals surface area contributed by atoms with E-state index in [2.05, 4.69) is 26.1 Å². The number of nitrogens with one attached hydrogen (secondary N) is 1. The van der Waals surface area contributed by atoms with Gasteiger partial charge in [-0.1, -0.05) is 27.5 Å². The van der Waals surface area contributed by atoms with Gasteiger partial charge < -0.3 is 15.3 Å². The number of carboxylic acid groups (broad SMARTS) is 1. The first-order valence-electron chi connectivity index (χ1n) is 12.0. The van der Waals surface area contributed by atoms with Crippen LogP contribution >= 0.6 is 27.5 Å². The summed E-state index contributed by atoms with van der Waals surface area (Å²) in [6, 6.07) is 9.69. The van der Waals surface area contributed by atoms with Gasteiger partial charge in [0.05, 0.1) is 11.1 Å². The van der Waals surface area contributed by atoms with Crippen molar-refractivity contribution in [3.05, 3.63) is 68.4 Å². The fraction of sp³-hybridized carbons (Fsp3) is 0.370. The summed E-state index contributed by atoms with van der Waals surface area (Å²) in [5.41, 5.74) is 2.53. The van der Waals surface area contributed by atoms with Crippen molar-refractivity contribution in [1.29, 1.82) is 0 Å². The first kappa shape index (κ1) is 26.4. The van der Waals surface area contributed by atoms with Crippen molar-refractivity contribution in [3.8, 4) is 0 Å². The largest absolute Gasteiger partial charge is 0.481 e. The fourth-order valence-corrected chi connectivity index (χ4v) is 5.45. The number of fused-ring (bicyclic) bond motifs is 1. The number of carbonyl (C=O) groups is 2. The molecule has 190 valence electrons. The topological polar surface area (TPSA) is 82.5 Å². The maximum absolute atomic E-state index is 14.0. The lowest BCUT2D eigenvalue weighted by Gasteiger charge is -2.30. The highest BCUT2D eigenvalue weighted by molar-refractivity contribution is 9.10. The molecule has 1 saturated heterocycles. The summed E-state index contributed by atoms with van der Waals surface area (Å²) >= 11 is 9.82. The SMILES string of the molecule is Cc1c(N2CCCCC2)nc2ccc(Br)cc2c1C(=O)NC[C@H](CCC(=O)O)c1cc(F)ccc1Cl. The normalized spacial score (nSPS) is 14.6. The number of aliphatic carboxylic acids is 1. The molecule has 0 aliphatic carbocycles. The third-order valence-electron chi connectivity index (χ3n) is 6.66. The molecule has 0 saturated carbocycles.